The van der Waals surface area contributed by atoms with Crippen molar-refractivity contribution >= 4 is 17.3 Å². The van der Waals surface area contributed by atoms with Gasteiger partial charge >= 0.3 is 5.97 Å². The van der Waals surface area contributed by atoms with Crippen molar-refractivity contribution in [1.29, 1.82) is 0 Å². The van der Waals surface area contributed by atoms with Gasteiger partial charge in [0, 0.05) is 12.0 Å². The van der Waals surface area contributed by atoms with Crippen LogP contribution in [0, 0.1) is 5.92 Å². The predicted molar refractivity (Wildman–Crippen MR) is 83.7 cm³/mol. The molecule has 1 aromatic rings. The highest BCUT2D eigenvalue weighted by Crippen LogP contribution is 2.44. The molecule has 0 aliphatic heterocycles. The van der Waals surface area contributed by atoms with Gasteiger partial charge < -0.3 is 9.84 Å². The summed E-state index contributed by atoms with van der Waals surface area (Å²) in [5.41, 5.74) is -0.640. The molecule has 0 bridgehead atoms. The van der Waals surface area contributed by atoms with Gasteiger partial charge in [-0.3, -0.25) is 4.79 Å². The van der Waals surface area contributed by atoms with Crippen LogP contribution in [0.15, 0.2) is 5.38 Å². The quantitative estimate of drug-likeness (QED) is 0.894. The molecule has 2 atom stereocenters. The molecule has 1 heterocycles. The number of hydrogen-bond acceptors (Lipinski definition) is 4. The van der Waals surface area contributed by atoms with E-state index in [0.29, 0.717) is 18.2 Å². The molecule has 1 aliphatic carbocycles. The fourth-order valence-electron chi connectivity index (χ4n) is 3.05. The van der Waals surface area contributed by atoms with E-state index in [1.807, 2.05) is 12.3 Å². The van der Waals surface area contributed by atoms with E-state index in [2.05, 4.69) is 11.9 Å². The van der Waals surface area contributed by atoms with Gasteiger partial charge in [0.25, 0.3) is 0 Å². The van der Waals surface area contributed by atoms with Crippen LogP contribution in [0.1, 0.15) is 64.1 Å². The molecule has 0 aromatic carbocycles. The normalized spacial score (nSPS) is 26.8. The van der Waals surface area contributed by atoms with Crippen LogP contribution in [0.2, 0.25) is 0 Å². The largest absolute Gasteiger partial charge is 0.481 e. The number of carbonyl (C=O) groups is 1. The maximum Gasteiger partial charge on any atom is 0.315 e. The summed E-state index contributed by atoms with van der Waals surface area (Å²) in [7, 11) is 0. The van der Waals surface area contributed by atoms with E-state index in [0.717, 1.165) is 24.3 Å². The Morgan fingerprint density at radius 2 is 2.33 bits per heavy atom. The van der Waals surface area contributed by atoms with Gasteiger partial charge in [0.2, 0.25) is 0 Å². The highest BCUT2D eigenvalue weighted by atomic mass is 32.1. The number of aromatic nitrogens is 1. The van der Waals surface area contributed by atoms with Crippen LogP contribution < -0.4 is 0 Å². The van der Waals surface area contributed by atoms with Gasteiger partial charge in [-0.15, -0.1) is 11.3 Å². The number of ether oxygens (including phenoxy) is 1. The second-order valence-electron chi connectivity index (χ2n) is 6.60. The van der Waals surface area contributed by atoms with Crippen LogP contribution in [-0.4, -0.2) is 22.7 Å². The highest BCUT2D eigenvalue weighted by molar-refractivity contribution is 7.09. The number of thiazole rings is 1. The molecule has 21 heavy (non-hydrogen) atoms. The maximum atomic E-state index is 11.4. The number of carboxylic acids is 1. The van der Waals surface area contributed by atoms with E-state index in [9.17, 15) is 9.90 Å². The lowest BCUT2D eigenvalue weighted by atomic mass is 9.79. The molecule has 1 saturated carbocycles. The van der Waals surface area contributed by atoms with Gasteiger partial charge in [0.05, 0.1) is 5.69 Å². The second kappa shape index (κ2) is 6.05. The van der Waals surface area contributed by atoms with Gasteiger partial charge in [-0.1, -0.05) is 13.3 Å². The fraction of sp³-hybridized carbons (Fsp3) is 0.750. The summed E-state index contributed by atoms with van der Waals surface area (Å²) < 4.78 is 6.11. The van der Waals surface area contributed by atoms with Gasteiger partial charge in [-0.2, -0.15) is 0 Å². The molecule has 4 nitrogen and oxygen atoms in total. The van der Waals surface area contributed by atoms with Gasteiger partial charge in [-0.25, -0.2) is 4.98 Å². The topological polar surface area (TPSA) is 59.4 Å². The molecular formula is C16H25NO3S. The monoisotopic (exact) mass is 311 g/mol. The van der Waals surface area contributed by atoms with E-state index in [1.54, 1.807) is 25.2 Å². The third-order valence-corrected chi connectivity index (χ3v) is 5.47. The van der Waals surface area contributed by atoms with Crippen molar-refractivity contribution in [3.8, 4) is 0 Å². The molecule has 1 aromatic heterocycles. The van der Waals surface area contributed by atoms with Crippen molar-refractivity contribution in [3.05, 3.63) is 16.1 Å². The van der Waals surface area contributed by atoms with E-state index in [4.69, 9.17) is 4.74 Å². The molecule has 0 spiro atoms. The smallest absolute Gasteiger partial charge is 0.315 e. The maximum absolute atomic E-state index is 11.4. The summed E-state index contributed by atoms with van der Waals surface area (Å²) in [6.07, 6.45) is 4.32. The van der Waals surface area contributed by atoms with Crippen LogP contribution >= 0.6 is 11.3 Å². The molecule has 0 amide bonds. The standard InChI is InChI=1S/C16H25NO3S/c1-5-20-16(8-6-7-11(2)9-16)13-17-12(10-21-13)15(3,4)14(18)19/h10-11H,5-9H2,1-4H3,(H,18,19). The lowest BCUT2D eigenvalue weighted by molar-refractivity contribution is -0.142. The lowest BCUT2D eigenvalue weighted by Crippen LogP contribution is -2.36. The van der Waals surface area contributed by atoms with Gasteiger partial charge in [0.15, 0.2) is 0 Å². The first kappa shape index (κ1) is 16.4. The SMILES string of the molecule is CCOC1(c2nc(C(C)(C)C(=O)O)cs2)CCCC(C)C1. The Labute approximate surface area is 130 Å². The summed E-state index contributed by atoms with van der Waals surface area (Å²) in [6, 6.07) is 0. The van der Waals surface area contributed by atoms with E-state index in [1.165, 1.54) is 6.42 Å². The average Bonchev–Trinajstić information content (AvgIpc) is 2.89. The summed E-state index contributed by atoms with van der Waals surface area (Å²) in [4.78, 5) is 16.1. The Morgan fingerprint density at radius 1 is 1.62 bits per heavy atom. The van der Waals surface area contributed by atoms with Gasteiger partial charge in [0.1, 0.15) is 16.0 Å². The zero-order chi connectivity index (χ0) is 15.7. The Bertz CT molecular complexity index is 507. The van der Waals surface area contributed by atoms with Crippen molar-refractivity contribution < 1.29 is 14.6 Å². The molecule has 2 rings (SSSR count). The number of nitrogens with zero attached hydrogens (tertiary/aromatic N) is 1. The van der Waals surface area contributed by atoms with E-state index in [-0.39, 0.29) is 5.60 Å². The zero-order valence-corrected chi connectivity index (χ0v) is 14.1. The first-order valence-electron chi connectivity index (χ1n) is 7.65. The number of carboxylic acid groups (broad SMARTS) is 1. The van der Waals surface area contributed by atoms with Crippen molar-refractivity contribution in [2.75, 3.05) is 6.61 Å². The lowest BCUT2D eigenvalue weighted by Gasteiger charge is -2.38. The summed E-state index contributed by atoms with van der Waals surface area (Å²) in [5, 5.41) is 12.2. The molecule has 5 heteroatoms. The predicted octanol–water partition coefficient (Wildman–Crippen LogP) is 3.95. The number of aliphatic carboxylic acids is 1. The molecule has 0 radical (unpaired) electrons. The zero-order valence-electron chi connectivity index (χ0n) is 13.3. The van der Waals surface area contributed by atoms with Crippen molar-refractivity contribution in [2.24, 2.45) is 5.92 Å². The minimum atomic E-state index is -0.956. The molecular weight excluding hydrogens is 286 g/mol. The van der Waals surface area contributed by atoms with Gasteiger partial charge in [-0.05, 0) is 46.0 Å². The number of hydrogen-bond donors (Lipinski definition) is 1. The van der Waals surface area contributed by atoms with Crippen molar-refractivity contribution in [3.63, 3.8) is 0 Å². The average molecular weight is 311 g/mol. The molecule has 1 aliphatic rings. The Hall–Kier alpha value is -0.940. The summed E-state index contributed by atoms with van der Waals surface area (Å²) in [6.45, 7) is 8.32. The van der Waals surface area contributed by atoms with E-state index < -0.39 is 11.4 Å². The third-order valence-electron chi connectivity index (χ3n) is 4.45. The molecule has 0 saturated heterocycles. The number of rotatable bonds is 5. The van der Waals surface area contributed by atoms with Crippen LogP contribution in [-0.2, 0) is 20.5 Å². The first-order valence-corrected chi connectivity index (χ1v) is 8.53. The van der Waals surface area contributed by atoms with Crippen LogP contribution in [0.25, 0.3) is 0 Å². The Kier molecular flexibility index (Phi) is 4.73. The summed E-state index contributed by atoms with van der Waals surface area (Å²) >= 11 is 1.54. The molecule has 1 N–H and O–H groups in total. The minimum Gasteiger partial charge on any atom is -0.481 e. The highest BCUT2D eigenvalue weighted by Gasteiger charge is 2.41. The second-order valence-corrected chi connectivity index (χ2v) is 7.45. The van der Waals surface area contributed by atoms with Crippen LogP contribution in [0.4, 0.5) is 0 Å². The van der Waals surface area contributed by atoms with Crippen molar-refractivity contribution in [1.82, 2.24) is 4.98 Å². The molecule has 118 valence electrons. The first-order chi connectivity index (χ1) is 9.82. The Balaban J connectivity index is 2.34. The minimum absolute atomic E-state index is 0.316. The Morgan fingerprint density at radius 3 is 2.90 bits per heavy atom. The van der Waals surface area contributed by atoms with Crippen LogP contribution in [0.3, 0.4) is 0 Å². The fourth-order valence-corrected chi connectivity index (χ4v) is 4.23. The van der Waals surface area contributed by atoms with E-state index >= 15 is 0 Å². The molecule has 1 fully saturated rings. The molecule has 2 unspecified atom stereocenters. The van der Waals surface area contributed by atoms with Crippen LogP contribution in [0.5, 0.6) is 0 Å². The third kappa shape index (κ3) is 3.14. The van der Waals surface area contributed by atoms with Crippen molar-refractivity contribution in [2.45, 2.75) is 64.4 Å². The summed E-state index contributed by atoms with van der Waals surface area (Å²) in [5.74, 6) is -0.230.